The number of carbonyl (C=O) groups excluding carboxylic acids is 1. The molecular weight excluding hydrogens is 477 g/mol. The molecule has 10 heteroatoms. The fourth-order valence-electron chi connectivity index (χ4n) is 3.05. The van der Waals surface area contributed by atoms with Crippen molar-refractivity contribution in [1.82, 2.24) is 4.31 Å². The zero-order valence-corrected chi connectivity index (χ0v) is 22.1. The number of benzene rings is 1. The third-order valence-electron chi connectivity index (χ3n) is 4.52. The minimum absolute atomic E-state index is 0.293. The number of carboxylic acid groups (broad SMARTS) is 1. The van der Waals surface area contributed by atoms with E-state index in [4.69, 9.17) is 4.74 Å². The van der Waals surface area contributed by atoms with Crippen molar-refractivity contribution in [1.29, 1.82) is 0 Å². The molecule has 1 amide bonds. The largest absolute Gasteiger partial charge is 0.530 e. The van der Waals surface area contributed by atoms with E-state index in [2.05, 4.69) is 18.2 Å². The van der Waals surface area contributed by atoms with Crippen LogP contribution >= 0.6 is 51.3 Å². The molecule has 1 aliphatic rings. The van der Waals surface area contributed by atoms with E-state index in [0.717, 1.165) is 25.1 Å². The van der Waals surface area contributed by atoms with Crippen molar-refractivity contribution in [2.24, 2.45) is 0 Å². The fourth-order valence-corrected chi connectivity index (χ4v) is 11.6. The SMILES string of the molecule is CCCCN(CCCC)SSSSSCN(C(=O)[O-])c1cccc2c1OC(C)(C)C2. The minimum Gasteiger partial charge on any atom is -0.530 e. The summed E-state index contributed by atoms with van der Waals surface area (Å²) >= 11 is 0. The van der Waals surface area contributed by atoms with Gasteiger partial charge in [-0.3, -0.25) is 0 Å². The van der Waals surface area contributed by atoms with Gasteiger partial charge in [-0.25, -0.2) is 4.31 Å². The van der Waals surface area contributed by atoms with E-state index in [1.807, 2.05) is 26.0 Å². The topological polar surface area (TPSA) is 55.8 Å². The average Bonchev–Trinajstić information content (AvgIpc) is 3.02. The number of para-hydroxylation sites is 1. The Morgan fingerprint density at radius 3 is 2.47 bits per heavy atom. The Morgan fingerprint density at radius 1 is 1.13 bits per heavy atom. The minimum atomic E-state index is -1.21. The van der Waals surface area contributed by atoms with Crippen LogP contribution in [0.3, 0.4) is 0 Å². The second-order valence-corrected chi connectivity index (χ2v) is 15.3. The highest BCUT2D eigenvalue weighted by Crippen LogP contribution is 2.50. The Labute approximate surface area is 199 Å². The molecule has 0 aliphatic carbocycles. The summed E-state index contributed by atoms with van der Waals surface area (Å²) in [5, 5.41) is 11.8. The van der Waals surface area contributed by atoms with Crippen molar-refractivity contribution in [3.8, 4) is 5.75 Å². The Hall–Kier alpha value is -0.0000000000000000555. The molecule has 0 bridgehead atoms. The summed E-state index contributed by atoms with van der Waals surface area (Å²) in [4.78, 5) is 13.1. The number of fused-ring (bicyclic) bond motifs is 1. The van der Waals surface area contributed by atoms with Gasteiger partial charge in [0.1, 0.15) is 17.4 Å². The zero-order chi connectivity index (χ0) is 22.0. The molecule has 0 saturated heterocycles. The van der Waals surface area contributed by atoms with Crippen LogP contribution in [-0.2, 0) is 6.42 Å². The van der Waals surface area contributed by atoms with Crippen LogP contribution in [0.4, 0.5) is 10.5 Å². The predicted octanol–water partition coefficient (Wildman–Crippen LogP) is 6.65. The van der Waals surface area contributed by atoms with Crippen molar-refractivity contribution in [2.45, 2.75) is 65.4 Å². The molecule has 0 aromatic heterocycles. The maximum atomic E-state index is 11.8. The number of amides is 1. The normalized spacial score (nSPS) is 14.6. The van der Waals surface area contributed by atoms with E-state index in [9.17, 15) is 9.90 Å². The highest BCUT2D eigenvalue weighted by atomic mass is 33.8. The van der Waals surface area contributed by atoms with E-state index in [0.29, 0.717) is 17.3 Å². The number of anilines is 1. The predicted molar refractivity (Wildman–Crippen MR) is 137 cm³/mol. The molecular formula is C20H31N2O3S5-. The van der Waals surface area contributed by atoms with Crippen LogP contribution in [0.2, 0.25) is 0 Å². The molecule has 1 aliphatic heterocycles. The lowest BCUT2D eigenvalue weighted by Gasteiger charge is -2.27. The monoisotopic (exact) mass is 507 g/mol. The zero-order valence-electron chi connectivity index (χ0n) is 18.0. The van der Waals surface area contributed by atoms with Crippen LogP contribution < -0.4 is 14.7 Å². The summed E-state index contributed by atoms with van der Waals surface area (Å²) in [7, 11) is 8.28. The number of unbranched alkanes of at least 4 members (excludes halogenated alkanes) is 2. The molecule has 0 saturated carbocycles. The highest BCUT2D eigenvalue weighted by molar-refractivity contribution is 9.35. The number of hydrogen-bond donors (Lipinski definition) is 0. The van der Waals surface area contributed by atoms with Gasteiger partial charge in [-0.2, -0.15) is 0 Å². The quantitative estimate of drug-likeness (QED) is 0.119. The number of ether oxygens (including phenoxy) is 1. The molecule has 5 nitrogen and oxygen atoms in total. The third-order valence-corrected chi connectivity index (χ3v) is 12.9. The first-order chi connectivity index (χ1) is 14.4. The van der Waals surface area contributed by atoms with E-state index >= 15 is 0 Å². The lowest BCUT2D eigenvalue weighted by Crippen LogP contribution is -2.41. The Balaban J connectivity index is 1.80. The molecule has 30 heavy (non-hydrogen) atoms. The lowest BCUT2D eigenvalue weighted by atomic mass is 10.0. The second-order valence-electron chi connectivity index (χ2n) is 7.66. The lowest BCUT2D eigenvalue weighted by molar-refractivity contribution is -0.246. The van der Waals surface area contributed by atoms with Gasteiger partial charge in [0.15, 0.2) is 0 Å². The Morgan fingerprint density at radius 2 is 1.83 bits per heavy atom. The molecule has 1 aromatic carbocycles. The van der Waals surface area contributed by atoms with Gasteiger partial charge < -0.3 is 19.5 Å². The third kappa shape index (κ3) is 8.50. The van der Waals surface area contributed by atoms with E-state index in [1.165, 1.54) is 41.4 Å². The van der Waals surface area contributed by atoms with Crippen molar-refractivity contribution in [3.05, 3.63) is 23.8 Å². The van der Waals surface area contributed by atoms with Crippen LogP contribution in [0.25, 0.3) is 0 Å². The molecule has 0 N–H and O–H groups in total. The van der Waals surface area contributed by atoms with Gasteiger partial charge in [-0.05, 0) is 52.4 Å². The van der Waals surface area contributed by atoms with Gasteiger partial charge in [0.05, 0.1) is 11.6 Å². The van der Waals surface area contributed by atoms with Gasteiger partial charge in [-0.1, -0.05) is 49.6 Å². The maximum absolute atomic E-state index is 11.8. The van der Waals surface area contributed by atoms with Crippen molar-refractivity contribution < 1.29 is 14.6 Å². The summed E-state index contributed by atoms with van der Waals surface area (Å²) < 4.78 is 8.45. The summed E-state index contributed by atoms with van der Waals surface area (Å²) in [6, 6.07) is 5.67. The summed E-state index contributed by atoms with van der Waals surface area (Å²) in [6.07, 6.45) is 4.40. The van der Waals surface area contributed by atoms with Crippen molar-refractivity contribution in [3.63, 3.8) is 0 Å². The van der Waals surface area contributed by atoms with E-state index < -0.39 is 6.09 Å². The number of nitrogens with zero attached hydrogens (tertiary/aromatic N) is 2. The number of rotatable bonds is 14. The number of carbonyl (C=O) groups is 1. The molecule has 0 fully saturated rings. The van der Waals surface area contributed by atoms with Gasteiger partial charge in [0, 0.05) is 45.9 Å². The number of hydrogen-bond acceptors (Lipinski definition) is 9. The van der Waals surface area contributed by atoms with Crippen LogP contribution in [-0.4, -0.2) is 35.0 Å². The maximum Gasteiger partial charge on any atom is 0.147 e. The van der Waals surface area contributed by atoms with Crippen LogP contribution in [0, 0.1) is 0 Å². The summed E-state index contributed by atoms with van der Waals surface area (Å²) in [6.45, 7) is 10.7. The first-order valence-electron chi connectivity index (χ1n) is 10.2. The van der Waals surface area contributed by atoms with Crippen molar-refractivity contribution >= 4 is 63.0 Å². The smallest absolute Gasteiger partial charge is 0.147 e. The standard InChI is InChI=1S/C20H32N2O3S5/c1-5-7-12-21(13-8-6-2)27-29-30-28-26-15-22(19(23)24)17-11-9-10-16-14-20(3,4)25-18(16)17/h9-11H,5-8,12-15H2,1-4H3,(H,23,24)/p-1. The van der Waals surface area contributed by atoms with E-state index in [1.54, 1.807) is 46.5 Å². The molecule has 0 unspecified atom stereocenters. The Kier molecular flexibility index (Phi) is 11.8. The molecule has 0 atom stereocenters. The molecule has 0 spiro atoms. The highest BCUT2D eigenvalue weighted by Gasteiger charge is 2.33. The molecule has 2 rings (SSSR count). The van der Waals surface area contributed by atoms with Crippen LogP contribution in [0.5, 0.6) is 5.75 Å². The molecule has 1 aromatic rings. The first-order valence-corrected chi connectivity index (χ1v) is 16.5. The second kappa shape index (κ2) is 13.5. The first kappa shape index (κ1) is 26.3. The van der Waals surface area contributed by atoms with Crippen LogP contribution in [0.1, 0.15) is 58.9 Å². The van der Waals surface area contributed by atoms with Crippen LogP contribution in [0.15, 0.2) is 18.2 Å². The summed E-state index contributed by atoms with van der Waals surface area (Å²) in [5.74, 6) is 0.957. The Bertz CT molecular complexity index is 670. The van der Waals surface area contributed by atoms with E-state index in [-0.39, 0.29) is 5.60 Å². The van der Waals surface area contributed by atoms with Gasteiger partial charge in [-0.15, -0.1) is 0 Å². The van der Waals surface area contributed by atoms with Gasteiger partial charge >= 0.3 is 0 Å². The molecule has 1 heterocycles. The van der Waals surface area contributed by atoms with Gasteiger partial charge in [0.25, 0.3) is 0 Å². The van der Waals surface area contributed by atoms with Gasteiger partial charge in [0.2, 0.25) is 0 Å². The fraction of sp³-hybridized carbons (Fsp3) is 0.650. The average molecular weight is 508 g/mol. The molecule has 170 valence electrons. The summed E-state index contributed by atoms with van der Waals surface area (Å²) in [5.41, 5.74) is 1.30. The van der Waals surface area contributed by atoms with Crippen molar-refractivity contribution in [2.75, 3.05) is 23.9 Å². The molecule has 0 radical (unpaired) electrons.